The predicted molar refractivity (Wildman–Crippen MR) is 128 cm³/mol. The third-order valence-electron chi connectivity index (χ3n) is 7.03. The second kappa shape index (κ2) is 9.39. The summed E-state index contributed by atoms with van der Waals surface area (Å²) < 4.78 is 14.2. The van der Waals surface area contributed by atoms with E-state index in [1.807, 2.05) is 6.92 Å². The number of aryl methyl sites for hydroxylation is 1. The van der Waals surface area contributed by atoms with Crippen LogP contribution in [0.15, 0.2) is 36.8 Å². The number of rotatable bonds is 5. The molecule has 1 N–H and O–H groups in total. The Morgan fingerprint density at radius 3 is 2.53 bits per heavy atom. The Labute approximate surface area is 189 Å². The van der Waals surface area contributed by atoms with E-state index in [0.29, 0.717) is 11.7 Å². The number of anilines is 2. The van der Waals surface area contributed by atoms with Gasteiger partial charge >= 0.3 is 0 Å². The Balaban J connectivity index is 1.27. The van der Waals surface area contributed by atoms with Gasteiger partial charge in [0.2, 0.25) is 0 Å². The third kappa shape index (κ3) is 4.69. The van der Waals surface area contributed by atoms with Crippen LogP contribution in [0, 0.1) is 18.7 Å². The Kier molecular flexibility index (Phi) is 6.19. The summed E-state index contributed by atoms with van der Waals surface area (Å²) >= 11 is 0. The minimum atomic E-state index is -0.258. The quantitative estimate of drug-likeness (QED) is 0.561. The monoisotopic (exact) mass is 433 g/mol. The maximum absolute atomic E-state index is 14.2. The van der Waals surface area contributed by atoms with Crippen molar-refractivity contribution in [1.82, 2.24) is 15.0 Å². The topological polar surface area (TPSA) is 53.9 Å². The Bertz CT molecular complexity index is 1070. The van der Waals surface area contributed by atoms with Crippen LogP contribution < -0.4 is 10.2 Å². The van der Waals surface area contributed by atoms with Crippen molar-refractivity contribution >= 4 is 22.5 Å². The molecule has 1 saturated carbocycles. The van der Waals surface area contributed by atoms with Gasteiger partial charge in [0.25, 0.3) is 0 Å². The highest BCUT2D eigenvalue weighted by atomic mass is 19.1. The van der Waals surface area contributed by atoms with Gasteiger partial charge in [-0.15, -0.1) is 0 Å². The van der Waals surface area contributed by atoms with Crippen LogP contribution in [0.2, 0.25) is 0 Å². The summed E-state index contributed by atoms with van der Waals surface area (Å²) in [5.74, 6) is 0.743. The van der Waals surface area contributed by atoms with Crippen LogP contribution in [0.1, 0.15) is 56.1 Å². The zero-order valence-corrected chi connectivity index (χ0v) is 18.9. The molecule has 1 aromatic carbocycles. The normalized spacial score (nSPS) is 21.6. The minimum Gasteiger partial charge on any atom is -0.371 e. The fourth-order valence-electron chi connectivity index (χ4n) is 5.28. The molecule has 2 aliphatic rings. The maximum Gasteiger partial charge on any atom is 0.165 e. The second-order valence-electron chi connectivity index (χ2n) is 9.49. The predicted octanol–water partition coefficient (Wildman–Crippen LogP) is 5.68. The van der Waals surface area contributed by atoms with Gasteiger partial charge in [-0.2, -0.15) is 0 Å². The van der Waals surface area contributed by atoms with Crippen molar-refractivity contribution in [2.45, 2.75) is 64.3 Å². The molecule has 0 unspecified atom stereocenters. The molecule has 6 heteroatoms. The number of fused-ring (bicyclic) bond motifs is 1. The number of hydrogen-bond donors (Lipinski definition) is 1. The number of nitrogens with zero attached hydrogens (tertiary/aromatic N) is 4. The molecule has 3 aromatic rings. The molecule has 5 rings (SSSR count). The van der Waals surface area contributed by atoms with Crippen molar-refractivity contribution in [3.05, 3.63) is 53.7 Å². The molecule has 0 amide bonds. The van der Waals surface area contributed by atoms with Crippen LogP contribution in [0.25, 0.3) is 11.0 Å². The number of piperidine rings is 1. The van der Waals surface area contributed by atoms with Crippen molar-refractivity contribution in [2.24, 2.45) is 5.92 Å². The van der Waals surface area contributed by atoms with Crippen LogP contribution in [0.4, 0.5) is 15.9 Å². The van der Waals surface area contributed by atoms with Gasteiger partial charge in [-0.1, -0.05) is 0 Å². The molecule has 0 atom stereocenters. The summed E-state index contributed by atoms with van der Waals surface area (Å²) in [5.41, 5.74) is 5.50. The molecule has 0 radical (unpaired) electrons. The van der Waals surface area contributed by atoms with E-state index >= 15 is 0 Å². The van der Waals surface area contributed by atoms with Crippen molar-refractivity contribution in [1.29, 1.82) is 0 Å². The van der Waals surface area contributed by atoms with E-state index in [-0.39, 0.29) is 11.9 Å². The van der Waals surface area contributed by atoms with Crippen LogP contribution >= 0.6 is 0 Å². The van der Waals surface area contributed by atoms with E-state index in [4.69, 9.17) is 0 Å². The third-order valence-corrected chi connectivity index (χ3v) is 7.03. The molecule has 168 valence electrons. The summed E-state index contributed by atoms with van der Waals surface area (Å²) in [7, 11) is 0. The zero-order chi connectivity index (χ0) is 21.9. The lowest BCUT2D eigenvalue weighted by Gasteiger charge is -2.31. The van der Waals surface area contributed by atoms with Crippen molar-refractivity contribution < 1.29 is 4.39 Å². The first-order valence-corrected chi connectivity index (χ1v) is 12.0. The number of benzene rings is 1. The minimum absolute atomic E-state index is 0.258. The molecule has 2 fully saturated rings. The summed E-state index contributed by atoms with van der Waals surface area (Å²) in [6, 6.07) is 6.40. The lowest BCUT2D eigenvalue weighted by Crippen LogP contribution is -2.29. The lowest BCUT2D eigenvalue weighted by atomic mass is 9.82. The van der Waals surface area contributed by atoms with Gasteiger partial charge in [0.1, 0.15) is 0 Å². The number of halogens is 1. The first kappa shape index (κ1) is 21.1. The molecular formula is C26H32FN5. The number of aromatic nitrogens is 3. The summed E-state index contributed by atoms with van der Waals surface area (Å²) in [6.07, 6.45) is 14.5. The first-order valence-electron chi connectivity index (χ1n) is 12.0. The smallest absolute Gasteiger partial charge is 0.165 e. The molecule has 5 nitrogen and oxygen atoms in total. The maximum atomic E-state index is 14.2. The summed E-state index contributed by atoms with van der Waals surface area (Å²) in [4.78, 5) is 16.0. The fourth-order valence-corrected chi connectivity index (χ4v) is 5.28. The summed E-state index contributed by atoms with van der Waals surface area (Å²) in [6.45, 7) is 4.12. The summed E-state index contributed by atoms with van der Waals surface area (Å²) in [5, 5.41) is 3.33. The highest BCUT2D eigenvalue weighted by Crippen LogP contribution is 2.33. The first-order chi connectivity index (χ1) is 15.7. The molecule has 32 heavy (non-hydrogen) atoms. The highest BCUT2D eigenvalue weighted by molar-refractivity contribution is 5.82. The second-order valence-corrected chi connectivity index (χ2v) is 9.49. The fraction of sp³-hybridized carbons (Fsp3) is 0.500. The van der Waals surface area contributed by atoms with Gasteiger partial charge in [-0.05, 0) is 93.5 Å². The van der Waals surface area contributed by atoms with Gasteiger partial charge in [0.05, 0.1) is 11.0 Å². The van der Waals surface area contributed by atoms with Crippen molar-refractivity contribution in [2.75, 3.05) is 23.3 Å². The Morgan fingerprint density at radius 2 is 1.75 bits per heavy atom. The van der Waals surface area contributed by atoms with Gasteiger partial charge in [-0.3, -0.25) is 9.97 Å². The van der Waals surface area contributed by atoms with Crippen LogP contribution in [0.3, 0.4) is 0 Å². The van der Waals surface area contributed by atoms with Gasteiger partial charge in [-0.25, -0.2) is 9.37 Å². The van der Waals surface area contributed by atoms with Crippen LogP contribution in [-0.4, -0.2) is 34.1 Å². The Hall–Kier alpha value is -2.76. The molecule has 0 spiro atoms. The molecule has 0 bridgehead atoms. The Morgan fingerprint density at radius 1 is 0.969 bits per heavy atom. The largest absolute Gasteiger partial charge is 0.371 e. The molecule has 2 aromatic heterocycles. The van der Waals surface area contributed by atoms with E-state index in [1.165, 1.54) is 30.5 Å². The van der Waals surface area contributed by atoms with E-state index < -0.39 is 0 Å². The lowest BCUT2D eigenvalue weighted by molar-refractivity contribution is 0.336. The number of hydrogen-bond acceptors (Lipinski definition) is 5. The zero-order valence-electron chi connectivity index (χ0n) is 18.9. The molecule has 3 heterocycles. The van der Waals surface area contributed by atoms with Gasteiger partial charge in [0, 0.05) is 43.4 Å². The average molecular weight is 434 g/mol. The van der Waals surface area contributed by atoms with Gasteiger partial charge < -0.3 is 10.2 Å². The standard InChI is InChI=1S/C26H32FN5/c1-18-13-23(27)26(30-17-18)31-21-7-5-19(6-8-21)14-20-15-22(32-11-3-2-4-12-32)16-24-25(20)29-10-9-28-24/h9-10,13,15-17,19,21H,2-8,11-12,14H2,1H3,(H,30,31). The van der Waals surface area contributed by atoms with E-state index in [1.54, 1.807) is 24.7 Å². The van der Waals surface area contributed by atoms with Gasteiger partial charge in [0.15, 0.2) is 11.6 Å². The highest BCUT2D eigenvalue weighted by Gasteiger charge is 2.24. The molecule has 1 aliphatic carbocycles. The van der Waals surface area contributed by atoms with Crippen LogP contribution in [0.5, 0.6) is 0 Å². The van der Waals surface area contributed by atoms with E-state index in [2.05, 4.69) is 37.3 Å². The number of pyridine rings is 1. The van der Waals surface area contributed by atoms with Crippen molar-refractivity contribution in [3.8, 4) is 0 Å². The van der Waals surface area contributed by atoms with E-state index in [0.717, 1.165) is 61.8 Å². The molecular weight excluding hydrogens is 401 g/mol. The van der Waals surface area contributed by atoms with E-state index in [9.17, 15) is 4.39 Å². The van der Waals surface area contributed by atoms with Crippen molar-refractivity contribution in [3.63, 3.8) is 0 Å². The molecule has 1 saturated heterocycles. The number of nitrogens with one attached hydrogen (secondary N) is 1. The SMILES string of the molecule is Cc1cnc(NC2CCC(Cc3cc(N4CCCCC4)cc4nccnc34)CC2)c(F)c1. The average Bonchev–Trinajstić information content (AvgIpc) is 2.82. The van der Waals surface area contributed by atoms with Crippen LogP contribution in [-0.2, 0) is 6.42 Å². The molecule has 1 aliphatic heterocycles.